The Morgan fingerprint density at radius 1 is 0.804 bits per heavy atom. The Labute approximate surface area is 275 Å². The highest BCUT2D eigenvalue weighted by Gasteiger charge is 2.54. The first-order valence-corrected chi connectivity index (χ1v) is 18.1. The molecule has 46 heavy (non-hydrogen) atoms. The van der Waals surface area contributed by atoms with E-state index in [9.17, 15) is 10.0 Å². The van der Waals surface area contributed by atoms with Crippen molar-refractivity contribution in [2.75, 3.05) is 6.54 Å². The van der Waals surface area contributed by atoms with Gasteiger partial charge >= 0.3 is 6.09 Å². The summed E-state index contributed by atoms with van der Waals surface area (Å²) < 4.78 is 13.5. The van der Waals surface area contributed by atoms with Crippen LogP contribution in [0.4, 0.5) is 4.79 Å². The van der Waals surface area contributed by atoms with E-state index < -0.39 is 32.1 Å². The largest absolute Gasteiger partial charge is 0.444 e. The summed E-state index contributed by atoms with van der Waals surface area (Å²) in [6.07, 6.45) is -0.157. The maximum absolute atomic E-state index is 14.0. The highest BCUT2D eigenvalue weighted by molar-refractivity contribution is 6.99. The van der Waals surface area contributed by atoms with Gasteiger partial charge in [-0.25, -0.2) is 4.79 Å². The van der Waals surface area contributed by atoms with Crippen LogP contribution in [-0.4, -0.2) is 53.9 Å². The van der Waals surface area contributed by atoms with Crippen molar-refractivity contribution in [3.8, 4) is 0 Å². The Bertz CT molecular complexity index is 1500. The van der Waals surface area contributed by atoms with E-state index in [2.05, 4.69) is 69.3 Å². The van der Waals surface area contributed by atoms with Crippen LogP contribution in [0.1, 0.15) is 65.1 Å². The van der Waals surface area contributed by atoms with Crippen molar-refractivity contribution in [1.29, 1.82) is 0 Å². The van der Waals surface area contributed by atoms with E-state index in [1.807, 2.05) is 93.6 Å². The van der Waals surface area contributed by atoms with Gasteiger partial charge in [-0.2, -0.15) is 5.06 Å². The molecule has 0 saturated carbocycles. The van der Waals surface area contributed by atoms with Crippen molar-refractivity contribution in [3.63, 3.8) is 0 Å². The predicted octanol–water partition coefficient (Wildman–Crippen LogP) is 7.57. The Morgan fingerprint density at radius 3 is 1.76 bits per heavy atom. The fraction of sp³-hybridized carbons (Fsp3) is 0.359. The van der Waals surface area contributed by atoms with Crippen molar-refractivity contribution in [2.45, 2.75) is 83.3 Å². The lowest BCUT2D eigenvalue weighted by Gasteiger charge is -2.44. The van der Waals surface area contributed by atoms with Crippen LogP contribution < -0.4 is 10.4 Å². The summed E-state index contributed by atoms with van der Waals surface area (Å²) in [5, 5.41) is 15.4. The van der Waals surface area contributed by atoms with Crippen molar-refractivity contribution < 1.29 is 19.2 Å². The van der Waals surface area contributed by atoms with Gasteiger partial charge in [0.1, 0.15) is 5.60 Å². The molecule has 0 unspecified atom stereocenters. The molecule has 1 aliphatic heterocycles. The predicted molar refractivity (Wildman–Crippen MR) is 187 cm³/mol. The van der Waals surface area contributed by atoms with Crippen LogP contribution >= 0.6 is 0 Å². The van der Waals surface area contributed by atoms with Crippen molar-refractivity contribution in [2.24, 2.45) is 0 Å². The minimum atomic E-state index is -2.91. The fourth-order valence-electron chi connectivity index (χ4n) is 6.79. The number of rotatable bonds is 9. The summed E-state index contributed by atoms with van der Waals surface area (Å²) >= 11 is 0. The number of benzene rings is 4. The SMILES string of the molecule is CC(C)(C)OC(=O)N1C[C@H](O[Si](c2ccccc2)(c2ccccc2)C(C)(C)C)C[C@H]1[C@H](c1ccccc1)N(O)Cc1ccccc1. The zero-order chi connectivity index (χ0) is 33.0. The quantitative estimate of drug-likeness (QED) is 0.152. The van der Waals surface area contributed by atoms with Crippen molar-refractivity contribution in [1.82, 2.24) is 9.96 Å². The second-order valence-electron chi connectivity index (χ2n) is 14.3. The molecule has 242 valence electrons. The molecule has 0 aliphatic carbocycles. The van der Waals surface area contributed by atoms with E-state index in [0.29, 0.717) is 19.5 Å². The molecule has 7 heteroatoms. The van der Waals surface area contributed by atoms with Gasteiger partial charge in [0.25, 0.3) is 8.32 Å². The monoisotopic (exact) mass is 636 g/mol. The van der Waals surface area contributed by atoms with Crippen LogP contribution in [0.3, 0.4) is 0 Å². The lowest BCUT2D eigenvalue weighted by atomic mass is 9.96. The molecule has 5 rings (SSSR count). The number of hydrogen-bond acceptors (Lipinski definition) is 5. The third-order valence-electron chi connectivity index (χ3n) is 8.71. The number of nitrogens with zero attached hydrogens (tertiary/aromatic N) is 2. The van der Waals surface area contributed by atoms with Gasteiger partial charge in [0, 0.05) is 13.1 Å². The molecule has 0 radical (unpaired) electrons. The number of hydrogen-bond donors (Lipinski definition) is 1. The second kappa shape index (κ2) is 13.9. The fourth-order valence-corrected chi connectivity index (χ4v) is 11.5. The van der Waals surface area contributed by atoms with E-state index in [4.69, 9.17) is 9.16 Å². The molecular formula is C39H48N2O4Si. The van der Waals surface area contributed by atoms with E-state index in [-0.39, 0.29) is 11.1 Å². The zero-order valence-corrected chi connectivity index (χ0v) is 29.0. The molecule has 4 aromatic rings. The molecule has 4 aromatic carbocycles. The first-order chi connectivity index (χ1) is 21.9. The molecule has 1 fully saturated rings. The first kappa shape index (κ1) is 33.6. The second-order valence-corrected chi connectivity index (χ2v) is 18.5. The van der Waals surface area contributed by atoms with Gasteiger partial charge in [-0.05, 0) is 53.7 Å². The number of ether oxygens (including phenoxy) is 1. The van der Waals surface area contributed by atoms with Crippen LogP contribution in [0, 0.1) is 0 Å². The molecule has 1 N–H and O–H groups in total. The van der Waals surface area contributed by atoms with Gasteiger partial charge in [0.15, 0.2) is 0 Å². The Morgan fingerprint density at radius 2 is 1.28 bits per heavy atom. The van der Waals surface area contributed by atoms with E-state index in [1.54, 1.807) is 4.90 Å². The van der Waals surface area contributed by atoms with Gasteiger partial charge in [0.05, 0.1) is 18.2 Å². The molecule has 0 bridgehead atoms. The van der Waals surface area contributed by atoms with Crippen molar-refractivity contribution >= 4 is 24.8 Å². The Hall–Kier alpha value is -3.75. The van der Waals surface area contributed by atoms with Gasteiger partial charge in [-0.3, -0.25) is 0 Å². The van der Waals surface area contributed by atoms with Crippen LogP contribution in [0.15, 0.2) is 121 Å². The molecule has 1 heterocycles. The molecule has 0 aromatic heterocycles. The molecule has 0 spiro atoms. The lowest BCUT2D eigenvalue weighted by Crippen LogP contribution is -2.67. The maximum atomic E-state index is 14.0. The Balaban J connectivity index is 1.59. The third kappa shape index (κ3) is 7.45. The van der Waals surface area contributed by atoms with E-state index in [0.717, 1.165) is 11.1 Å². The standard InChI is InChI=1S/C39H48N2O4Si/c1-38(2,3)44-37(42)40-29-32(45-46(39(4,5)6,33-23-15-9-16-24-33)34-25-17-10-18-26-34)27-35(40)36(31-21-13-8-14-22-31)41(43)28-30-19-11-7-12-20-30/h7-26,32,35-36,43H,27-29H2,1-6H3/t32-,35+,36+/m1/s1. The normalized spacial score (nSPS) is 18.0. The van der Waals surface area contributed by atoms with Crippen LogP contribution in [0.25, 0.3) is 0 Å². The summed E-state index contributed by atoms with van der Waals surface area (Å²) in [6, 6.07) is 40.1. The van der Waals surface area contributed by atoms with Crippen LogP contribution in [-0.2, 0) is 15.7 Å². The molecule has 1 aliphatic rings. The maximum Gasteiger partial charge on any atom is 0.410 e. The number of likely N-dealkylation sites (tertiary alicyclic amines) is 1. The van der Waals surface area contributed by atoms with Gasteiger partial charge < -0.3 is 19.3 Å². The summed E-state index contributed by atoms with van der Waals surface area (Å²) in [7, 11) is -2.91. The summed E-state index contributed by atoms with van der Waals surface area (Å²) in [5.74, 6) is 0. The smallest absolute Gasteiger partial charge is 0.410 e. The average molecular weight is 637 g/mol. The molecule has 1 saturated heterocycles. The number of amides is 1. The van der Waals surface area contributed by atoms with Gasteiger partial charge in [0.2, 0.25) is 0 Å². The lowest BCUT2D eigenvalue weighted by molar-refractivity contribution is -0.153. The van der Waals surface area contributed by atoms with Crippen LogP contribution in [0.5, 0.6) is 0 Å². The molecular weight excluding hydrogens is 589 g/mol. The summed E-state index contributed by atoms with van der Waals surface area (Å²) in [5.41, 5.74) is 1.22. The number of carbonyl (C=O) groups excluding carboxylic acids is 1. The van der Waals surface area contributed by atoms with Gasteiger partial charge in [-0.15, -0.1) is 0 Å². The van der Waals surface area contributed by atoms with E-state index in [1.165, 1.54) is 15.4 Å². The van der Waals surface area contributed by atoms with E-state index >= 15 is 0 Å². The van der Waals surface area contributed by atoms with Crippen molar-refractivity contribution in [3.05, 3.63) is 132 Å². The topological polar surface area (TPSA) is 62.2 Å². The Kier molecular flexibility index (Phi) is 10.2. The molecule has 3 atom stereocenters. The van der Waals surface area contributed by atoms with Gasteiger partial charge in [-0.1, -0.05) is 142 Å². The number of hydroxylamine groups is 2. The minimum absolute atomic E-state index is 0.223. The molecule has 1 amide bonds. The summed E-state index contributed by atoms with van der Waals surface area (Å²) in [6.45, 7) is 13.1. The highest BCUT2D eigenvalue weighted by atomic mass is 28.4. The summed E-state index contributed by atoms with van der Waals surface area (Å²) in [4.78, 5) is 15.8. The molecule has 6 nitrogen and oxygen atoms in total. The third-order valence-corrected chi connectivity index (χ3v) is 13.8. The zero-order valence-electron chi connectivity index (χ0n) is 28.0. The minimum Gasteiger partial charge on any atom is -0.444 e. The number of carbonyl (C=O) groups is 1. The highest BCUT2D eigenvalue weighted by Crippen LogP contribution is 2.42. The van der Waals surface area contributed by atoms with Crippen LogP contribution in [0.2, 0.25) is 5.04 Å². The average Bonchev–Trinajstić information content (AvgIpc) is 3.44. The first-order valence-electron chi connectivity index (χ1n) is 16.2.